The van der Waals surface area contributed by atoms with Crippen molar-refractivity contribution in [3.63, 3.8) is 0 Å². The number of carbonyl (C=O) groups is 1. The Labute approximate surface area is 168 Å². The highest BCUT2D eigenvalue weighted by Crippen LogP contribution is 2.34. The number of benzene rings is 2. The van der Waals surface area contributed by atoms with Crippen LogP contribution >= 0.6 is 0 Å². The van der Waals surface area contributed by atoms with Gasteiger partial charge in [0, 0.05) is 5.54 Å². The lowest BCUT2D eigenvalue weighted by Gasteiger charge is -2.42. The van der Waals surface area contributed by atoms with E-state index in [0.717, 1.165) is 29.8 Å². The van der Waals surface area contributed by atoms with Crippen LogP contribution in [0, 0.1) is 13.8 Å². The minimum absolute atomic E-state index is 0.0875. The summed E-state index contributed by atoms with van der Waals surface area (Å²) in [4.78, 5) is 15.9. The summed E-state index contributed by atoms with van der Waals surface area (Å²) >= 11 is 0. The van der Waals surface area contributed by atoms with Crippen LogP contribution < -0.4 is 10.1 Å². The number of methoxy groups -OCH3 is 1. The van der Waals surface area contributed by atoms with Crippen LogP contribution in [0.25, 0.3) is 0 Å². The summed E-state index contributed by atoms with van der Waals surface area (Å²) in [6.07, 6.45) is 2.42. The Morgan fingerprint density at radius 2 is 1.75 bits per heavy atom. The van der Waals surface area contributed by atoms with Gasteiger partial charge in [0.25, 0.3) is 5.91 Å². The molecule has 1 N–H and O–H groups in total. The summed E-state index contributed by atoms with van der Waals surface area (Å²) < 4.78 is 5.53. The highest BCUT2D eigenvalue weighted by molar-refractivity contribution is 5.98. The molecule has 1 aliphatic rings. The summed E-state index contributed by atoms with van der Waals surface area (Å²) in [5.41, 5.74) is 3.56. The van der Waals surface area contributed by atoms with Gasteiger partial charge in [-0.25, -0.2) is 0 Å². The first-order valence-electron chi connectivity index (χ1n) is 10.1. The van der Waals surface area contributed by atoms with Crippen molar-refractivity contribution < 1.29 is 9.53 Å². The van der Waals surface area contributed by atoms with Crippen LogP contribution in [0.3, 0.4) is 0 Å². The number of aryl methyl sites for hydroxylation is 2. The standard InChI is InChI=1S/C24H32N2O2/c1-17-15-18(2)21(20(16-17)28-5)23(27)25-22(19-11-7-6-8-12-19)24(3,4)26-13-9-10-14-26/h6-8,11-12,15-16,22H,9-10,13-14H2,1-5H3,(H,25,27). The molecule has 3 rings (SSSR count). The zero-order chi connectivity index (χ0) is 20.3. The normalized spacial score (nSPS) is 16.0. The molecule has 2 aromatic carbocycles. The highest BCUT2D eigenvalue weighted by atomic mass is 16.5. The molecule has 0 radical (unpaired) electrons. The first kappa shape index (κ1) is 20.4. The maximum Gasteiger partial charge on any atom is 0.255 e. The van der Waals surface area contributed by atoms with E-state index in [-0.39, 0.29) is 17.5 Å². The van der Waals surface area contributed by atoms with Crippen molar-refractivity contribution in [3.8, 4) is 5.75 Å². The number of nitrogens with zero attached hydrogens (tertiary/aromatic N) is 1. The van der Waals surface area contributed by atoms with Gasteiger partial charge in [0.15, 0.2) is 0 Å². The second-order valence-corrected chi connectivity index (χ2v) is 8.32. The van der Waals surface area contributed by atoms with Gasteiger partial charge < -0.3 is 10.1 Å². The van der Waals surface area contributed by atoms with Gasteiger partial charge >= 0.3 is 0 Å². The quantitative estimate of drug-likeness (QED) is 0.793. The number of likely N-dealkylation sites (tertiary alicyclic amines) is 1. The number of nitrogens with one attached hydrogen (secondary N) is 1. The van der Waals surface area contributed by atoms with Gasteiger partial charge in [-0.2, -0.15) is 0 Å². The Morgan fingerprint density at radius 3 is 2.36 bits per heavy atom. The fourth-order valence-electron chi connectivity index (χ4n) is 4.37. The first-order valence-corrected chi connectivity index (χ1v) is 10.1. The average molecular weight is 381 g/mol. The van der Waals surface area contributed by atoms with Gasteiger partial charge in [-0.1, -0.05) is 36.4 Å². The zero-order valence-corrected chi connectivity index (χ0v) is 17.7. The van der Waals surface area contributed by atoms with Gasteiger partial charge in [-0.05, 0) is 76.4 Å². The Balaban J connectivity index is 1.98. The van der Waals surface area contributed by atoms with Crippen LogP contribution in [0.2, 0.25) is 0 Å². The van der Waals surface area contributed by atoms with E-state index in [1.165, 1.54) is 12.8 Å². The third kappa shape index (κ3) is 4.07. The third-order valence-electron chi connectivity index (χ3n) is 5.93. The lowest BCUT2D eigenvalue weighted by molar-refractivity contribution is 0.0775. The summed E-state index contributed by atoms with van der Waals surface area (Å²) in [7, 11) is 1.62. The minimum atomic E-state index is -0.195. The Kier molecular flexibility index (Phi) is 6.09. The zero-order valence-electron chi connectivity index (χ0n) is 17.7. The van der Waals surface area contributed by atoms with Gasteiger partial charge in [-0.3, -0.25) is 9.69 Å². The summed E-state index contributed by atoms with van der Waals surface area (Å²) in [6.45, 7) is 10.6. The van der Waals surface area contributed by atoms with Gasteiger partial charge in [-0.15, -0.1) is 0 Å². The molecule has 0 aromatic heterocycles. The summed E-state index contributed by atoms with van der Waals surface area (Å²) in [6, 6.07) is 14.1. The molecule has 0 aliphatic carbocycles. The van der Waals surface area contributed by atoms with Crippen LogP contribution in [-0.4, -0.2) is 36.5 Å². The number of hydrogen-bond donors (Lipinski definition) is 1. The molecule has 1 unspecified atom stereocenters. The van der Waals surface area contributed by atoms with E-state index in [0.29, 0.717) is 11.3 Å². The van der Waals surface area contributed by atoms with Crippen molar-refractivity contribution in [2.24, 2.45) is 0 Å². The number of ether oxygens (including phenoxy) is 1. The van der Waals surface area contributed by atoms with Crippen molar-refractivity contribution in [1.29, 1.82) is 0 Å². The molecule has 1 heterocycles. The van der Waals surface area contributed by atoms with Crippen LogP contribution in [-0.2, 0) is 0 Å². The fourth-order valence-corrected chi connectivity index (χ4v) is 4.37. The molecule has 0 bridgehead atoms. The Hall–Kier alpha value is -2.33. The molecule has 150 valence electrons. The first-order chi connectivity index (χ1) is 13.3. The van der Waals surface area contributed by atoms with E-state index < -0.39 is 0 Å². The molecule has 1 fully saturated rings. The Bertz CT molecular complexity index is 824. The largest absolute Gasteiger partial charge is 0.496 e. The molecule has 0 spiro atoms. The topological polar surface area (TPSA) is 41.6 Å². The van der Waals surface area contributed by atoms with Gasteiger partial charge in [0.2, 0.25) is 0 Å². The molecule has 4 nitrogen and oxygen atoms in total. The fraction of sp³-hybridized carbons (Fsp3) is 0.458. The van der Waals surface area contributed by atoms with Gasteiger partial charge in [0.1, 0.15) is 5.75 Å². The number of carbonyl (C=O) groups excluding carboxylic acids is 1. The van der Waals surface area contributed by atoms with Crippen LogP contribution in [0.5, 0.6) is 5.75 Å². The van der Waals surface area contributed by atoms with Crippen LogP contribution in [0.15, 0.2) is 42.5 Å². The predicted octanol–water partition coefficient (Wildman–Crippen LogP) is 4.66. The molecular weight excluding hydrogens is 348 g/mol. The van der Waals surface area contributed by atoms with E-state index in [1.807, 2.05) is 44.2 Å². The molecule has 4 heteroatoms. The van der Waals surface area contributed by atoms with Gasteiger partial charge in [0.05, 0.1) is 18.7 Å². The highest BCUT2D eigenvalue weighted by Gasteiger charge is 2.39. The van der Waals surface area contributed by atoms with Crippen LogP contribution in [0.1, 0.15) is 59.8 Å². The van der Waals surface area contributed by atoms with E-state index in [2.05, 4.69) is 36.2 Å². The van der Waals surface area contributed by atoms with E-state index in [4.69, 9.17) is 4.74 Å². The maximum atomic E-state index is 13.4. The molecule has 2 aromatic rings. The summed E-state index contributed by atoms with van der Waals surface area (Å²) in [5.74, 6) is 0.538. The van der Waals surface area contributed by atoms with E-state index in [9.17, 15) is 4.79 Å². The van der Waals surface area contributed by atoms with Crippen molar-refractivity contribution in [2.75, 3.05) is 20.2 Å². The second-order valence-electron chi connectivity index (χ2n) is 8.32. The smallest absolute Gasteiger partial charge is 0.255 e. The lowest BCUT2D eigenvalue weighted by Crippen LogP contribution is -2.52. The molecule has 28 heavy (non-hydrogen) atoms. The monoisotopic (exact) mass is 380 g/mol. The average Bonchev–Trinajstić information content (AvgIpc) is 3.21. The maximum absolute atomic E-state index is 13.4. The van der Waals surface area contributed by atoms with Crippen molar-refractivity contribution in [1.82, 2.24) is 10.2 Å². The molecule has 1 atom stereocenters. The predicted molar refractivity (Wildman–Crippen MR) is 114 cm³/mol. The molecule has 0 saturated carbocycles. The molecule has 1 saturated heterocycles. The van der Waals surface area contributed by atoms with Crippen molar-refractivity contribution in [2.45, 2.75) is 52.1 Å². The number of rotatable bonds is 6. The van der Waals surface area contributed by atoms with Crippen molar-refractivity contribution >= 4 is 5.91 Å². The molecule has 1 aliphatic heterocycles. The molecule has 1 amide bonds. The number of amides is 1. The van der Waals surface area contributed by atoms with E-state index >= 15 is 0 Å². The summed E-state index contributed by atoms with van der Waals surface area (Å²) in [5, 5.41) is 3.34. The van der Waals surface area contributed by atoms with Crippen LogP contribution in [0.4, 0.5) is 0 Å². The minimum Gasteiger partial charge on any atom is -0.496 e. The van der Waals surface area contributed by atoms with E-state index in [1.54, 1.807) is 7.11 Å². The molecular formula is C24H32N2O2. The Morgan fingerprint density at radius 1 is 1.11 bits per heavy atom. The second kappa shape index (κ2) is 8.36. The third-order valence-corrected chi connectivity index (χ3v) is 5.93. The SMILES string of the molecule is COc1cc(C)cc(C)c1C(=O)NC(c1ccccc1)C(C)(C)N1CCCC1. The lowest BCUT2D eigenvalue weighted by atomic mass is 9.86. The van der Waals surface area contributed by atoms with Crippen molar-refractivity contribution in [3.05, 3.63) is 64.7 Å². The number of hydrogen-bond acceptors (Lipinski definition) is 3.